The van der Waals surface area contributed by atoms with E-state index in [0.29, 0.717) is 17.9 Å². The van der Waals surface area contributed by atoms with Crippen molar-refractivity contribution >= 4 is 16.9 Å². The minimum atomic E-state index is -1.48. The molecule has 3 aromatic rings. The second kappa shape index (κ2) is 11.2. The van der Waals surface area contributed by atoms with Crippen molar-refractivity contribution in [2.75, 3.05) is 13.1 Å². The van der Waals surface area contributed by atoms with Gasteiger partial charge in [0.25, 0.3) is 0 Å². The Morgan fingerprint density at radius 3 is 2.27 bits per heavy atom. The van der Waals surface area contributed by atoms with Crippen LogP contribution >= 0.6 is 0 Å². The molecular weight excluding hydrogens is 437 g/mol. The van der Waals surface area contributed by atoms with Crippen molar-refractivity contribution < 1.29 is 18.1 Å². The Morgan fingerprint density at radius 2 is 1.64 bits per heavy atom. The second-order valence-corrected chi connectivity index (χ2v) is 9.59. The number of halogens is 1. The maximum atomic E-state index is 13.7. The van der Waals surface area contributed by atoms with Crippen LogP contribution in [0.3, 0.4) is 0 Å². The first-order valence-electron chi connectivity index (χ1n) is 11.2. The molecule has 1 amide bonds. The normalized spacial score (nSPS) is 18.2. The minimum Gasteiger partial charge on any atom is -0.445 e. The van der Waals surface area contributed by atoms with Crippen LogP contribution in [0.25, 0.3) is 0 Å². The predicted molar refractivity (Wildman–Crippen MR) is 130 cm³/mol. The number of rotatable bonds is 5. The average Bonchev–Trinajstić information content (AvgIpc) is 3.32. The highest BCUT2D eigenvalue weighted by Crippen LogP contribution is 2.41. The van der Waals surface area contributed by atoms with E-state index in [1.54, 1.807) is 17.0 Å². The highest BCUT2D eigenvalue weighted by atomic mass is 32.2. The van der Waals surface area contributed by atoms with E-state index in [9.17, 15) is 13.4 Å². The molecule has 1 aliphatic rings. The third kappa shape index (κ3) is 5.69. The Balaban J connectivity index is 0.00000149. The van der Waals surface area contributed by atoms with Gasteiger partial charge in [-0.3, -0.25) is 4.21 Å². The van der Waals surface area contributed by atoms with Crippen molar-refractivity contribution in [3.8, 4) is 0 Å². The Labute approximate surface area is 197 Å². The number of benzene rings is 3. The smallest absolute Gasteiger partial charge is 0.410 e. The summed E-state index contributed by atoms with van der Waals surface area (Å²) in [5, 5.41) is 0. The number of likely N-dealkylation sites (tertiary alicyclic amines) is 1. The summed E-state index contributed by atoms with van der Waals surface area (Å²) in [7, 11) is -1.48. The first-order chi connectivity index (χ1) is 16.0. The molecule has 0 spiro atoms. The van der Waals surface area contributed by atoms with Gasteiger partial charge >= 0.3 is 6.09 Å². The number of carbonyl (C=O) groups is 1. The highest BCUT2D eigenvalue weighted by Gasteiger charge is 2.47. The zero-order valence-corrected chi connectivity index (χ0v) is 20.1. The summed E-state index contributed by atoms with van der Waals surface area (Å²) in [6.07, 6.45) is 0.106. The van der Waals surface area contributed by atoms with Crippen LogP contribution in [0.4, 0.5) is 9.18 Å². The van der Waals surface area contributed by atoms with E-state index >= 15 is 0 Å². The molecule has 1 aliphatic heterocycles. The number of hydrogen-bond donors (Lipinski definition) is 0. The molecular formula is C27H30FNO3S. The van der Waals surface area contributed by atoms with E-state index in [4.69, 9.17) is 4.74 Å². The lowest BCUT2D eigenvalue weighted by Gasteiger charge is -2.29. The van der Waals surface area contributed by atoms with Crippen LogP contribution < -0.4 is 0 Å². The highest BCUT2D eigenvalue weighted by molar-refractivity contribution is 7.86. The maximum absolute atomic E-state index is 13.7. The van der Waals surface area contributed by atoms with E-state index in [1.807, 2.05) is 75.4 Å². The van der Waals surface area contributed by atoms with E-state index in [1.165, 1.54) is 12.1 Å². The van der Waals surface area contributed by atoms with E-state index < -0.39 is 21.6 Å². The molecule has 4 rings (SSSR count). The molecule has 1 unspecified atom stereocenters. The third-order valence-corrected chi connectivity index (χ3v) is 7.63. The van der Waals surface area contributed by atoms with Crippen molar-refractivity contribution in [2.45, 2.75) is 43.4 Å². The van der Waals surface area contributed by atoms with Crippen LogP contribution in [0.5, 0.6) is 0 Å². The molecule has 0 aromatic heterocycles. The topological polar surface area (TPSA) is 46.6 Å². The van der Waals surface area contributed by atoms with E-state index in [0.717, 1.165) is 16.7 Å². The minimum absolute atomic E-state index is 0.189. The number of ether oxygens (including phenoxy) is 1. The molecule has 0 aliphatic carbocycles. The van der Waals surface area contributed by atoms with Crippen LogP contribution in [0.2, 0.25) is 0 Å². The van der Waals surface area contributed by atoms with Crippen LogP contribution in [-0.2, 0) is 26.9 Å². The number of hydrogen-bond acceptors (Lipinski definition) is 3. The number of amides is 1. The Morgan fingerprint density at radius 1 is 1.00 bits per heavy atom. The van der Waals surface area contributed by atoms with Gasteiger partial charge in [0.1, 0.15) is 12.4 Å². The molecule has 1 saturated heterocycles. The van der Waals surface area contributed by atoms with Gasteiger partial charge in [0.2, 0.25) is 0 Å². The monoisotopic (exact) mass is 467 g/mol. The van der Waals surface area contributed by atoms with Gasteiger partial charge < -0.3 is 9.64 Å². The second-order valence-electron chi connectivity index (χ2n) is 7.79. The molecule has 0 radical (unpaired) electrons. The molecule has 174 valence electrons. The summed E-state index contributed by atoms with van der Waals surface area (Å²) in [4.78, 5) is 14.9. The molecule has 0 N–H and O–H groups in total. The van der Waals surface area contributed by atoms with Crippen LogP contribution in [0.1, 0.15) is 37.0 Å². The van der Waals surface area contributed by atoms with Gasteiger partial charge in [-0.05, 0) is 48.7 Å². The van der Waals surface area contributed by atoms with Gasteiger partial charge in [-0.15, -0.1) is 0 Å². The van der Waals surface area contributed by atoms with Crippen molar-refractivity contribution in [3.05, 3.63) is 101 Å². The Kier molecular flexibility index (Phi) is 8.39. The standard InChI is InChI=1S/C25H24FNO3S.C2H6/c1-19-7-9-21(10-8-19)25(31(29)23-13-11-22(26)12-14-23)15-16-27(18-25)24(28)30-17-20-5-3-2-4-6-20;1-2/h2-14H,15-18H2,1H3;1-2H3/t25-,31?;/m0./s1. The molecule has 33 heavy (non-hydrogen) atoms. The fourth-order valence-corrected chi connectivity index (χ4v) is 5.62. The molecule has 1 fully saturated rings. The molecule has 2 atom stereocenters. The largest absolute Gasteiger partial charge is 0.445 e. The van der Waals surface area contributed by atoms with Gasteiger partial charge in [-0.25, -0.2) is 9.18 Å². The third-order valence-electron chi connectivity index (χ3n) is 5.66. The first kappa shape index (κ1) is 24.6. The summed E-state index contributed by atoms with van der Waals surface area (Å²) in [5.41, 5.74) is 2.91. The van der Waals surface area contributed by atoms with Crippen molar-refractivity contribution in [2.24, 2.45) is 0 Å². The van der Waals surface area contributed by atoms with Gasteiger partial charge in [0.05, 0.1) is 15.5 Å². The maximum Gasteiger partial charge on any atom is 0.410 e. The van der Waals surface area contributed by atoms with Crippen LogP contribution in [0.15, 0.2) is 83.8 Å². The summed E-state index contributed by atoms with van der Waals surface area (Å²) < 4.78 is 31.9. The van der Waals surface area contributed by atoms with Crippen molar-refractivity contribution in [1.29, 1.82) is 0 Å². The fourth-order valence-electron chi connectivity index (χ4n) is 3.88. The molecule has 6 heteroatoms. The summed E-state index contributed by atoms with van der Waals surface area (Å²) in [6, 6.07) is 23.1. The van der Waals surface area contributed by atoms with E-state index in [2.05, 4.69) is 0 Å². The lowest BCUT2D eigenvalue weighted by atomic mass is 9.96. The lowest BCUT2D eigenvalue weighted by molar-refractivity contribution is 0.103. The van der Waals surface area contributed by atoms with Crippen molar-refractivity contribution in [1.82, 2.24) is 4.90 Å². The molecule has 3 aromatic carbocycles. The summed E-state index contributed by atoms with van der Waals surface area (Å²) in [6.45, 7) is 6.89. The number of nitrogens with zero attached hydrogens (tertiary/aromatic N) is 1. The van der Waals surface area contributed by atoms with Crippen LogP contribution in [-0.4, -0.2) is 28.3 Å². The molecule has 0 saturated carbocycles. The molecule has 0 bridgehead atoms. The number of aryl methyl sites for hydroxylation is 1. The van der Waals surface area contributed by atoms with Gasteiger partial charge in [0.15, 0.2) is 0 Å². The van der Waals surface area contributed by atoms with E-state index in [-0.39, 0.29) is 19.0 Å². The number of carbonyl (C=O) groups excluding carboxylic acids is 1. The van der Waals surface area contributed by atoms with Gasteiger partial charge in [-0.2, -0.15) is 0 Å². The zero-order chi connectivity index (χ0) is 23.8. The van der Waals surface area contributed by atoms with Crippen LogP contribution in [0, 0.1) is 12.7 Å². The molecule has 1 heterocycles. The SMILES string of the molecule is CC.Cc1ccc([C@]2(S(=O)c3ccc(F)cc3)CCN(C(=O)OCc3ccccc3)C2)cc1. The quantitative estimate of drug-likeness (QED) is 0.448. The molecule has 4 nitrogen and oxygen atoms in total. The summed E-state index contributed by atoms with van der Waals surface area (Å²) in [5.74, 6) is -0.373. The summed E-state index contributed by atoms with van der Waals surface area (Å²) >= 11 is 0. The first-order valence-corrected chi connectivity index (χ1v) is 12.3. The zero-order valence-electron chi connectivity index (χ0n) is 19.3. The predicted octanol–water partition coefficient (Wildman–Crippen LogP) is 6.21. The Hall–Kier alpha value is -2.99. The van der Waals surface area contributed by atoms with Gasteiger partial charge in [-0.1, -0.05) is 74.0 Å². The van der Waals surface area contributed by atoms with Crippen molar-refractivity contribution in [3.63, 3.8) is 0 Å². The average molecular weight is 468 g/mol. The lowest BCUT2D eigenvalue weighted by Crippen LogP contribution is -2.38. The van der Waals surface area contributed by atoms with Gasteiger partial charge in [0, 0.05) is 18.0 Å². The Bertz CT molecular complexity index is 1070. The fraction of sp³-hybridized carbons (Fsp3) is 0.296.